The fourth-order valence-corrected chi connectivity index (χ4v) is 2.79. The first-order valence-electron chi connectivity index (χ1n) is 6.98. The summed E-state index contributed by atoms with van der Waals surface area (Å²) in [5.41, 5.74) is 6.85. The Morgan fingerprint density at radius 3 is 2.48 bits per heavy atom. The molecule has 2 aromatic rings. The molecule has 0 heterocycles. The first-order valence-corrected chi connectivity index (χ1v) is 7.80. The Labute approximate surface area is 129 Å². The van der Waals surface area contributed by atoms with Gasteiger partial charge in [-0.25, -0.2) is 4.39 Å². The van der Waals surface area contributed by atoms with Crippen molar-refractivity contribution >= 4 is 11.8 Å². The van der Waals surface area contributed by atoms with Gasteiger partial charge in [-0.15, -0.1) is 0 Å². The lowest BCUT2D eigenvalue weighted by Crippen LogP contribution is -2.21. The highest BCUT2D eigenvalue weighted by Gasteiger charge is 2.08. The summed E-state index contributed by atoms with van der Waals surface area (Å²) in [5, 5.41) is 0. The summed E-state index contributed by atoms with van der Waals surface area (Å²) in [6.07, 6.45) is 1.60. The van der Waals surface area contributed by atoms with Crippen LogP contribution in [0.1, 0.15) is 18.9 Å². The van der Waals surface area contributed by atoms with Crippen molar-refractivity contribution in [2.75, 3.05) is 7.11 Å². The highest BCUT2D eigenvalue weighted by atomic mass is 32.2. The molecule has 112 valence electrons. The molecule has 0 aliphatic rings. The van der Waals surface area contributed by atoms with E-state index in [4.69, 9.17) is 10.5 Å². The molecule has 0 aromatic heterocycles. The van der Waals surface area contributed by atoms with E-state index in [-0.39, 0.29) is 11.9 Å². The number of ether oxygens (including phenoxy) is 1. The summed E-state index contributed by atoms with van der Waals surface area (Å²) in [5.74, 6) is 0.598. The van der Waals surface area contributed by atoms with Crippen LogP contribution in [0.5, 0.6) is 5.75 Å². The molecule has 21 heavy (non-hydrogen) atoms. The lowest BCUT2D eigenvalue weighted by atomic mass is 10.0. The Kier molecular flexibility index (Phi) is 5.65. The Bertz CT molecular complexity index is 586. The number of hydrogen-bond donors (Lipinski definition) is 1. The Morgan fingerprint density at radius 1 is 1.19 bits per heavy atom. The molecule has 0 aliphatic heterocycles. The molecule has 0 bridgehead atoms. The zero-order chi connectivity index (χ0) is 15.2. The van der Waals surface area contributed by atoms with Crippen molar-refractivity contribution in [3.63, 3.8) is 0 Å². The second kappa shape index (κ2) is 7.48. The van der Waals surface area contributed by atoms with Gasteiger partial charge in [0.25, 0.3) is 0 Å². The fourth-order valence-electron chi connectivity index (χ4n) is 1.97. The molecule has 2 N–H and O–H groups in total. The monoisotopic (exact) mass is 305 g/mol. The third-order valence-corrected chi connectivity index (χ3v) is 4.36. The van der Waals surface area contributed by atoms with Gasteiger partial charge in [0.05, 0.1) is 7.11 Å². The molecular formula is C17H20FNOS. The molecule has 2 rings (SSSR count). The minimum absolute atomic E-state index is 0.0875. The van der Waals surface area contributed by atoms with Crippen LogP contribution in [-0.4, -0.2) is 13.2 Å². The average molecular weight is 305 g/mol. The van der Waals surface area contributed by atoms with Crippen molar-refractivity contribution in [3.05, 3.63) is 53.8 Å². The number of halogens is 1. The highest BCUT2D eigenvalue weighted by Crippen LogP contribution is 2.31. The zero-order valence-corrected chi connectivity index (χ0v) is 13.1. The van der Waals surface area contributed by atoms with Gasteiger partial charge in [-0.2, -0.15) is 0 Å². The predicted molar refractivity (Wildman–Crippen MR) is 85.5 cm³/mol. The van der Waals surface area contributed by atoms with E-state index >= 15 is 0 Å². The number of rotatable bonds is 6. The van der Waals surface area contributed by atoms with Gasteiger partial charge in [0.1, 0.15) is 11.6 Å². The van der Waals surface area contributed by atoms with Crippen LogP contribution >= 0.6 is 11.8 Å². The van der Waals surface area contributed by atoms with Crippen LogP contribution in [0.15, 0.2) is 52.3 Å². The number of nitrogens with two attached hydrogens (primary N) is 1. The number of benzene rings is 2. The minimum atomic E-state index is -0.198. The van der Waals surface area contributed by atoms with Gasteiger partial charge in [-0.05, 0) is 54.8 Å². The quantitative estimate of drug-likeness (QED) is 0.866. The third-order valence-electron chi connectivity index (χ3n) is 3.31. The molecular weight excluding hydrogens is 285 g/mol. The van der Waals surface area contributed by atoms with E-state index in [1.54, 1.807) is 13.2 Å². The van der Waals surface area contributed by atoms with Crippen molar-refractivity contribution in [3.8, 4) is 5.75 Å². The van der Waals surface area contributed by atoms with Gasteiger partial charge >= 0.3 is 0 Å². The first kappa shape index (κ1) is 15.9. The number of hydrogen-bond acceptors (Lipinski definition) is 3. The molecule has 0 saturated carbocycles. The Morgan fingerprint density at radius 2 is 1.90 bits per heavy atom. The largest absolute Gasteiger partial charge is 0.497 e. The summed E-state index contributed by atoms with van der Waals surface area (Å²) in [6.45, 7) is 2.04. The molecule has 1 unspecified atom stereocenters. The van der Waals surface area contributed by atoms with Gasteiger partial charge < -0.3 is 10.5 Å². The molecule has 2 nitrogen and oxygen atoms in total. The van der Waals surface area contributed by atoms with Crippen LogP contribution in [0.4, 0.5) is 4.39 Å². The van der Waals surface area contributed by atoms with E-state index in [0.29, 0.717) is 11.3 Å². The lowest BCUT2D eigenvalue weighted by molar-refractivity contribution is 0.414. The molecule has 0 spiro atoms. The van der Waals surface area contributed by atoms with E-state index in [0.717, 1.165) is 22.6 Å². The maximum absolute atomic E-state index is 14.1. The molecule has 0 aliphatic carbocycles. The topological polar surface area (TPSA) is 35.2 Å². The predicted octanol–water partition coefficient (Wildman–Crippen LogP) is 4.27. The second-order valence-corrected chi connectivity index (χ2v) is 6.03. The fraction of sp³-hybridized carbons (Fsp3) is 0.294. The summed E-state index contributed by atoms with van der Waals surface area (Å²) in [4.78, 5) is 1.60. The molecule has 2 aromatic carbocycles. The normalized spacial score (nSPS) is 12.2. The van der Waals surface area contributed by atoms with Gasteiger partial charge in [-0.1, -0.05) is 24.8 Å². The van der Waals surface area contributed by atoms with E-state index in [2.05, 4.69) is 0 Å². The van der Waals surface area contributed by atoms with Gasteiger partial charge in [0.2, 0.25) is 0 Å². The molecule has 0 saturated heterocycles. The smallest absolute Gasteiger partial charge is 0.137 e. The van der Waals surface area contributed by atoms with Crippen molar-refractivity contribution in [2.45, 2.75) is 35.6 Å². The van der Waals surface area contributed by atoms with Crippen LogP contribution in [0.2, 0.25) is 0 Å². The van der Waals surface area contributed by atoms with E-state index in [1.807, 2.05) is 43.3 Å². The zero-order valence-electron chi connectivity index (χ0n) is 12.3. The van der Waals surface area contributed by atoms with E-state index < -0.39 is 0 Å². The molecule has 0 radical (unpaired) electrons. The summed E-state index contributed by atoms with van der Waals surface area (Å²) < 4.78 is 19.3. The van der Waals surface area contributed by atoms with Crippen LogP contribution in [0.25, 0.3) is 0 Å². The van der Waals surface area contributed by atoms with E-state index in [9.17, 15) is 4.39 Å². The summed E-state index contributed by atoms with van der Waals surface area (Å²) in [7, 11) is 1.63. The van der Waals surface area contributed by atoms with Crippen molar-refractivity contribution in [1.82, 2.24) is 0 Å². The minimum Gasteiger partial charge on any atom is -0.497 e. The van der Waals surface area contributed by atoms with Crippen molar-refractivity contribution < 1.29 is 9.13 Å². The first-order chi connectivity index (χ1) is 10.1. The maximum atomic E-state index is 14.1. The van der Waals surface area contributed by atoms with Crippen LogP contribution in [-0.2, 0) is 6.42 Å². The van der Waals surface area contributed by atoms with Crippen molar-refractivity contribution in [1.29, 1.82) is 0 Å². The van der Waals surface area contributed by atoms with Crippen LogP contribution < -0.4 is 10.5 Å². The summed E-state index contributed by atoms with van der Waals surface area (Å²) in [6, 6.07) is 13.0. The van der Waals surface area contributed by atoms with Gasteiger partial charge in [-0.3, -0.25) is 0 Å². The van der Waals surface area contributed by atoms with E-state index in [1.165, 1.54) is 11.8 Å². The molecule has 0 amide bonds. The van der Waals surface area contributed by atoms with Gasteiger partial charge in [0, 0.05) is 15.8 Å². The third kappa shape index (κ3) is 4.48. The Balaban J connectivity index is 2.09. The van der Waals surface area contributed by atoms with Crippen LogP contribution in [0, 0.1) is 5.82 Å². The maximum Gasteiger partial charge on any atom is 0.137 e. The van der Waals surface area contributed by atoms with Crippen molar-refractivity contribution in [2.24, 2.45) is 5.73 Å². The SMILES string of the molecule is CCC(N)Cc1ccc(Sc2ccc(OC)cc2)c(F)c1. The molecule has 4 heteroatoms. The van der Waals surface area contributed by atoms with Crippen LogP contribution in [0.3, 0.4) is 0 Å². The Hall–Kier alpha value is -1.52. The second-order valence-electron chi connectivity index (χ2n) is 4.91. The molecule has 1 atom stereocenters. The summed E-state index contributed by atoms with van der Waals surface area (Å²) >= 11 is 1.40. The average Bonchev–Trinajstić information content (AvgIpc) is 2.50. The molecule has 0 fully saturated rings. The lowest BCUT2D eigenvalue weighted by Gasteiger charge is -2.10. The number of methoxy groups -OCH3 is 1. The highest BCUT2D eigenvalue weighted by molar-refractivity contribution is 7.99. The van der Waals surface area contributed by atoms with Gasteiger partial charge in [0.15, 0.2) is 0 Å². The standard InChI is InChI=1S/C17H20FNOS/c1-3-13(19)10-12-4-9-17(16(18)11-12)21-15-7-5-14(20-2)6-8-15/h4-9,11,13H,3,10,19H2,1-2H3.